The molecular weight excluding hydrogens is 451 g/mol. The Kier molecular flexibility index (Phi) is 6.09. The van der Waals surface area contributed by atoms with Crippen molar-refractivity contribution in [1.29, 1.82) is 0 Å². The molecule has 0 bridgehead atoms. The normalized spacial score (nSPS) is 11.2. The van der Waals surface area contributed by atoms with Crippen molar-refractivity contribution in [2.45, 2.75) is 19.4 Å². The molecule has 1 N–H and O–H groups in total. The summed E-state index contributed by atoms with van der Waals surface area (Å²) in [5, 5.41) is 4.84. The molecule has 172 valence electrons. The van der Waals surface area contributed by atoms with Crippen LogP contribution in [0.3, 0.4) is 0 Å². The van der Waals surface area contributed by atoms with Gasteiger partial charge in [0.25, 0.3) is 5.56 Å². The number of anilines is 1. The standard InChI is InChI=1S/C21H21FN6O4S/c1-26-18-17(19(30)27(2)21(26)31)28(11-23-18)8-4-5-16(29)25-20-24-14(10-33-20)13-9-12(22)6-7-15(13)32-3/h6-7,9-11H,4-5,8H2,1-3H3,(H,24,25,29). The van der Waals surface area contributed by atoms with Crippen molar-refractivity contribution in [3.8, 4) is 17.0 Å². The molecule has 0 saturated carbocycles. The molecule has 0 aliphatic heterocycles. The molecule has 3 heterocycles. The Morgan fingerprint density at radius 3 is 2.79 bits per heavy atom. The van der Waals surface area contributed by atoms with Crippen molar-refractivity contribution in [2.24, 2.45) is 14.1 Å². The van der Waals surface area contributed by atoms with Gasteiger partial charge in [0.2, 0.25) is 5.91 Å². The second-order valence-electron chi connectivity index (χ2n) is 7.35. The minimum absolute atomic E-state index is 0.184. The summed E-state index contributed by atoms with van der Waals surface area (Å²) in [4.78, 5) is 45.4. The predicted molar refractivity (Wildman–Crippen MR) is 122 cm³/mol. The van der Waals surface area contributed by atoms with Gasteiger partial charge in [-0.2, -0.15) is 0 Å². The third kappa shape index (κ3) is 4.29. The highest BCUT2D eigenvalue weighted by molar-refractivity contribution is 7.14. The van der Waals surface area contributed by atoms with Crippen LogP contribution in [0.1, 0.15) is 12.8 Å². The van der Waals surface area contributed by atoms with Crippen LogP contribution in [0.5, 0.6) is 5.75 Å². The van der Waals surface area contributed by atoms with E-state index in [1.54, 1.807) is 17.0 Å². The van der Waals surface area contributed by atoms with Gasteiger partial charge >= 0.3 is 5.69 Å². The first-order valence-electron chi connectivity index (χ1n) is 10.00. The van der Waals surface area contributed by atoms with Crippen LogP contribution < -0.4 is 21.3 Å². The van der Waals surface area contributed by atoms with Crippen molar-refractivity contribution in [1.82, 2.24) is 23.7 Å². The van der Waals surface area contributed by atoms with Crippen LogP contribution in [-0.4, -0.2) is 36.7 Å². The van der Waals surface area contributed by atoms with E-state index in [9.17, 15) is 18.8 Å². The number of halogens is 1. The lowest BCUT2D eigenvalue weighted by molar-refractivity contribution is -0.116. The van der Waals surface area contributed by atoms with E-state index in [0.717, 1.165) is 4.57 Å². The van der Waals surface area contributed by atoms with E-state index in [0.29, 0.717) is 46.3 Å². The zero-order valence-corrected chi connectivity index (χ0v) is 19.0. The number of fused-ring (bicyclic) bond motifs is 1. The van der Waals surface area contributed by atoms with E-state index >= 15 is 0 Å². The Balaban J connectivity index is 1.41. The maximum absolute atomic E-state index is 13.6. The zero-order chi connectivity index (χ0) is 23.7. The molecule has 4 rings (SSSR count). The van der Waals surface area contributed by atoms with Crippen LogP contribution in [0.2, 0.25) is 0 Å². The van der Waals surface area contributed by atoms with E-state index < -0.39 is 17.1 Å². The monoisotopic (exact) mass is 472 g/mol. The highest BCUT2D eigenvalue weighted by atomic mass is 32.1. The Labute approximate surface area is 190 Å². The van der Waals surface area contributed by atoms with Gasteiger partial charge in [-0.05, 0) is 24.6 Å². The maximum atomic E-state index is 13.6. The first-order valence-corrected chi connectivity index (χ1v) is 10.9. The minimum atomic E-state index is -0.448. The number of nitrogens with one attached hydrogen (secondary N) is 1. The van der Waals surface area contributed by atoms with Crippen LogP contribution >= 0.6 is 11.3 Å². The van der Waals surface area contributed by atoms with Crippen LogP contribution in [-0.2, 0) is 25.4 Å². The molecule has 3 aromatic heterocycles. The van der Waals surface area contributed by atoms with Crippen molar-refractivity contribution >= 4 is 33.5 Å². The molecule has 1 amide bonds. The molecule has 33 heavy (non-hydrogen) atoms. The summed E-state index contributed by atoms with van der Waals surface area (Å²) in [6.45, 7) is 0.376. The summed E-state index contributed by atoms with van der Waals surface area (Å²) in [7, 11) is 4.46. The smallest absolute Gasteiger partial charge is 0.332 e. The third-order valence-corrected chi connectivity index (χ3v) is 5.97. The van der Waals surface area contributed by atoms with Crippen molar-refractivity contribution < 1.29 is 13.9 Å². The Bertz CT molecular complexity index is 1470. The summed E-state index contributed by atoms with van der Waals surface area (Å²) in [6, 6.07) is 4.15. The quantitative estimate of drug-likeness (QED) is 0.441. The number of aromatic nitrogens is 5. The zero-order valence-electron chi connectivity index (χ0n) is 18.2. The molecule has 12 heteroatoms. The second kappa shape index (κ2) is 8.98. The number of methoxy groups -OCH3 is 1. The summed E-state index contributed by atoms with van der Waals surface area (Å²) >= 11 is 1.22. The van der Waals surface area contributed by atoms with E-state index in [1.165, 1.54) is 54.6 Å². The van der Waals surface area contributed by atoms with Gasteiger partial charge in [-0.3, -0.25) is 18.7 Å². The lowest BCUT2D eigenvalue weighted by atomic mass is 10.1. The third-order valence-electron chi connectivity index (χ3n) is 5.21. The molecule has 1 aromatic carbocycles. The molecule has 0 aliphatic carbocycles. The van der Waals surface area contributed by atoms with Crippen LogP contribution in [0.25, 0.3) is 22.4 Å². The van der Waals surface area contributed by atoms with Crippen molar-refractivity contribution in [2.75, 3.05) is 12.4 Å². The van der Waals surface area contributed by atoms with Gasteiger partial charge in [0.05, 0.1) is 19.1 Å². The second-order valence-corrected chi connectivity index (χ2v) is 8.21. The highest BCUT2D eigenvalue weighted by Crippen LogP contribution is 2.32. The highest BCUT2D eigenvalue weighted by Gasteiger charge is 2.15. The average molecular weight is 473 g/mol. The number of rotatable bonds is 7. The number of thiazole rings is 1. The molecule has 4 aromatic rings. The number of aryl methyl sites for hydroxylation is 2. The van der Waals surface area contributed by atoms with Gasteiger partial charge in [-0.1, -0.05) is 0 Å². The Hall–Kier alpha value is -3.80. The van der Waals surface area contributed by atoms with Gasteiger partial charge in [0.1, 0.15) is 11.6 Å². The molecule has 0 radical (unpaired) electrons. The number of nitrogens with zero attached hydrogens (tertiary/aromatic N) is 5. The van der Waals surface area contributed by atoms with E-state index in [4.69, 9.17) is 4.74 Å². The molecular formula is C21H21FN6O4S. The summed E-state index contributed by atoms with van der Waals surface area (Å²) in [5.74, 6) is -0.172. The van der Waals surface area contributed by atoms with Gasteiger partial charge in [-0.25, -0.2) is 19.2 Å². The van der Waals surface area contributed by atoms with Crippen molar-refractivity contribution in [3.05, 3.63) is 56.6 Å². The number of carbonyl (C=O) groups is 1. The SMILES string of the molecule is COc1ccc(F)cc1-c1csc(NC(=O)CCCn2cnc3c2c(=O)n(C)c(=O)n3C)n1. The summed E-state index contributed by atoms with van der Waals surface area (Å²) in [6.07, 6.45) is 2.12. The Morgan fingerprint density at radius 2 is 2.03 bits per heavy atom. The molecule has 0 spiro atoms. The van der Waals surface area contributed by atoms with Gasteiger partial charge in [-0.15, -0.1) is 11.3 Å². The largest absolute Gasteiger partial charge is 0.496 e. The lowest BCUT2D eigenvalue weighted by Gasteiger charge is -2.07. The Morgan fingerprint density at radius 1 is 1.24 bits per heavy atom. The maximum Gasteiger partial charge on any atom is 0.332 e. The summed E-state index contributed by atoms with van der Waals surface area (Å²) in [5.41, 5.74) is 0.730. The number of benzene rings is 1. The number of imidazole rings is 1. The molecule has 10 nitrogen and oxygen atoms in total. The fraction of sp³-hybridized carbons (Fsp3) is 0.286. The first-order chi connectivity index (χ1) is 15.8. The summed E-state index contributed by atoms with van der Waals surface area (Å²) < 4.78 is 22.9. The molecule has 0 unspecified atom stereocenters. The van der Waals surface area contributed by atoms with E-state index in [2.05, 4.69) is 15.3 Å². The number of carbonyl (C=O) groups excluding carboxylic acids is 1. The fourth-order valence-electron chi connectivity index (χ4n) is 3.49. The number of hydrogen-bond acceptors (Lipinski definition) is 7. The van der Waals surface area contributed by atoms with Crippen LogP contribution in [0, 0.1) is 5.82 Å². The van der Waals surface area contributed by atoms with Gasteiger partial charge < -0.3 is 14.6 Å². The van der Waals surface area contributed by atoms with Crippen LogP contribution in [0.4, 0.5) is 9.52 Å². The fourth-order valence-corrected chi connectivity index (χ4v) is 4.22. The lowest BCUT2D eigenvalue weighted by Crippen LogP contribution is -2.37. The molecule has 0 fully saturated rings. The van der Waals surface area contributed by atoms with Crippen molar-refractivity contribution in [3.63, 3.8) is 0 Å². The number of ether oxygens (including phenoxy) is 1. The topological polar surface area (TPSA) is 113 Å². The minimum Gasteiger partial charge on any atom is -0.496 e. The average Bonchev–Trinajstić information content (AvgIpc) is 3.43. The number of hydrogen-bond donors (Lipinski definition) is 1. The molecule has 0 saturated heterocycles. The number of amides is 1. The van der Waals surface area contributed by atoms with E-state index in [1.807, 2.05) is 0 Å². The molecule has 0 aliphatic rings. The molecule has 0 atom stereocenters. The van der Waals surface area contributed by atoms with Crippen LogP contribution in [0.15, 0.2) is 39.5 Å². The predicted octanol–water partition coefficient (Wildman–Crippen LogP) is 2.12. The van der Waals surface area contributed by atoms with E-state index in [-0.39, 0.29) is 12.3 Å². The first kappa shape index (κ1) is 22.4. The van der Waals surface area contributed by atoms with Gasteiger partial charge in [0.15, 0.2) is 16.3 Å². The van der Waals surface area contributed by atoms with Gasteiger partial charge in [0, 0.05) is 38.0 Å².